The van der Waals surface area contributed by atoms with E-state index in [4.69, 9.17) is 5.26 Å². The van der Waals surface area contributed by atoms with E-state index in [1.807, 2.05) is 18.2 Å². The molecule has 2 rings (SSSR count). The van der Waals surface area contributed by atoms with Crippen LogP contribution >= 0.6 is 15.9 Å². The summed E-state index contributed by atoms with van der Waals surface area (Å²) in [6.07, 6.45) is 8.29. The van der Waals surface area contributed by atoms with Crippen LogP contribution in [0, 0.1) is 17.2 Å². The minimum Gasteiger partial charge on any atom is -0.384 e. The Kier molecular flexibility index (Phi) is 5.07. The Morgan fingerprint density at radius 3 is 2.72 bits per heavy atom. The number of nitrogens with one attached hydrogen (secondary N) is 1. The summed E-state index contributed by atoms with van der Waals surface area (Å²) in [7, 11) is 0. The van der Waals surface area contributed by atoms with Crippen LogP contribution in [0.15, 0.2) is 22.7 Å². The summed E-state index contributed by atoms with van der Waals surface area (Å²) in [6, 6.07) is 7.84. The van der Waals surface area contributed by atoms with E-state index in [9.17, 15) is 0 Å². The summed E-state index contributed by atoms with van der Waals surface area (Å²) in [6.45, 7) is 1.02. The van der Waals surface area contributed by atoms with Crippen LogP contribution in [0.25, 0.3) is 0 Å². The van der Waals surface area contributed by atoms with E-state index < -0.39 is 0 Å². The second-order valence-corrected chi connectivity index (χ2v) is 5.88. The molecule has 3 heteroatoms. The molecule has 1 aromatic rings. The predicted octanol–water partition coefficient (Wildman–Crippen LogP) is 4.70. The van der Waals surface area contributed by atoms with Gasteiger partial charge in [-0.25, -0.2) is 0 Å². The van der Waals surface area contributed by atoms with Gasteiger partial charge < -0.3 is 5.32 Å². The van der Waals surface area contributed by atoms with Crippen LogP contribution in [0.5, 0.6) is 0 Å². The lowest BCUT2D eigenvalue weighted by molar-refractivity contribution is 0.345. The number of halogens is 1. The van der Waals surface area contributed by atoms with Crippen molar-refractivity contribution in [3.8, 4) is 6.07 Å². The number of benzene rings is 1. The van der Waals surface area contributed by atoms with Crippen molar-refractivity contribution in [2.75, 3.05) is 11.9 Å². The Labute approximate surface area is 118 Å². The standard InChI is InChI=1S/C15H19BrN2/c16-14-10-13(11-17)6-7-15(14)18-9-8-12-4-2-1-3-5-12/h6-7,10,12,18H,1-5,8-9H2. The first-order valence-corrected chi connectivity index (χ1v) is 7.52. The van der Waals surface area contributed by atoms with Crippen molar-refractivity contribution in [3.05, 3.63) is 28.2 Å². The topological polar surface area (TPSA) is 35.8 Å². The van der Waals surface area contributed by atoms with Gasteiger partial charge in [0.1, 0.15) is 0 Å². The third-order valence-electron chi connectivity index (χ3n) is 3.69. The molecular formula is C15H19BrN2. The Morgan fingerprint density at radius 2 is 2.06 bits per heavy atom. The van der Waals surface area contributed by atoms with Gasteiger partial charge in [0.25, 0.3) is 0 Å². The monoisotopic (exact) mass is 306 g/mol. The Hall–Kier alpha value is -1.01. The number of nitriles is 1. The van der Waals surface area contributed by atoms with Gasteiger partial charge in [-0.15, -0.1) is 0 Å². The molecule has 0 radical (unpaired) electrons. The number of rotatable bonds is 4. The van der Waals surface area contributed by atoms with Crippen LogP contribution in [0.1, 0.15) is 44.1 Å². The molecule has 96 valence electrons. The molecule has 1 aliphatic carbocycles. The Balaban J connectivity index is 1.81. The van der Waals surface area contributed by atoms with E-state index in [1.54, 1.807) is 0 Å². The molecule has 1 saturated carbocycles. The first kappa shape index (κ1) is 13.4. The number of hydrogen-bond acceptors (Lipinski definition) is 2. The molecule has 1 N–H and O–H groups in total. The zero-order valence-electron chi connectivity index (χ0n) is 10.6. The second kappa shape index (κ2) is 6.80. The molecule has 0 bridgehead atoms. The van der Waals surface area contributed by atoms with Crippen LogP contribution in [0.4, 0.5) is 5.69 Å². The van der Waals surface area contributed by atoms with Gasteiger partial charge in [0.05, 0.1) is 11.6 Å². The molecule has 0 heterocycles. The third kappa shape index (κ3) is 3.74. The van der Waals surface area contributed by atoms with Crippen molar-refractivity contribution in [1.82, 2.24) is 0 Å². The molecular weight excluding hydrogens is 288 g/mol. The van der Waals surface area contributed by atoms with E-state index in [-0.39, 0.29) is 0 Å². The number of hydrogen-bond donors (Lipinski definition) is 1. The largest absolute Gasteiger partial charge is 0.384 e. The van der Waals surface area contributed by atoms with Gasteiger partial charge in [-0.3, -0.25) is 0 Å². The van der Waals surface area contributed by atoms with Crippen LogP contribution < -0.4 is 5.32 Å². The van der Waals surface area contributed by atoms with Crippen LogP contribution in [0.2, 0.25) is 0 Å². The van der Waals surface area contributed by atoms with Gasteiger partial charge in [0.15, 0.2) is 0 Å². The summed E-state index contributed by atoms with van der Waals surface area (Å²) in [4.78, 5) is 0. The van der Waals surface area contributed by atoms with Crippen molar-refractivity contribution in [2.24, 2.45) is 5.92 Å². The summed E-state index contributed by atoms with van der Waals surface area (Å²) in [5.74, 6) is 0.906. The molecule has 0 unspecified atom stereocenters. The van der Waals surface area contributed by atoms with Crippen molar-refractivity contribution in [2.45, 2.75) is 38.5 Å². The van der Waals surface area contributed by atoms with E-state index in [0.717, 1.165) is 22.6 Å². The maximum atomic E-state index is 8.81. The summed E-state index contributed by atoms with van der Waals surface area (Å²) in [5, 5.41) is 12.3. The molecule has 0 saturated heterocycles. The molecule has 0 aliphatic heterocycles. The van der Waals surface area contributed by atoms with Gasteiger partial charge in [0, 0.05) is 16.7 Å². The van der Waals surface area contributed by atoms with Gasteiger partial charge in [0.2, 0.25) is 0 Å². The van der Waals surface area contributed by atoms with Crippen LogP contribution in [-0.4, -0.2) is 6.54 Å². The number of anilines is 1. The molecule has 1 aliphatic rings. The second-order valence-electron chi connectivity index (χ2n) is 5.03. The molecule has 1 fully saturated rings. The molecule has 0 amide bonds. The molecule has 2 nitrogen and oxygen atoms in total. The van der Waals surface area contributed by atoms with E-state index in [0.29, 0.717) is 5.56 Å². The molecule has 1 aromatic carbocycles. The van der Waals surface area contributed by atoms with Crippen LogP contribution in [-0.2, 0) is 0 Å². The van der Waals surface area contributed by atoms with Gasteiger partial charge in [-0.2, -0.15) is 5.26 Å². The summed E-state index contributed by atoms with van der Waals surface area (Å²) in [5.41, 5.74) is 1.78. The summed E-state index contributed by atoms with van der Waals surface area (Å²) >= 11 is 3.50. The lowest BCUT2D eigenvalue weighted by Crippen LogP contribution is -2.12. The normalized spacial score (nSPS) is 16.2. The van der Waals surface area contributed by atoms with Gasteiger partial charge in [-0.1, -0.05) is 32.1 Å². The fourth-order valence-corrected chi connectivity index (χ4v) is 3.13. The SMILES string of the molecule is N#Cc1ccc(NCCC2CCCCC2)c(Br)c1. The fourth-order valence-electron chi connectivity index (χ4n) is 2.61. The highest BCUT2D eigenvalue weighted by Crippen LogP contribution is 2.27. The minimum absolute atomic E-state index is 0.694. The van der Waals surface area contributed by atoms with Gasteiger partial charge >= 0.3 is 0 Å². The fraction of sp³-hybridized carbons (Fsp3) is 0.533. The Bertz CT molecular complexity index is 431. The molecule has 0 aromatic heterocycles. The smallest absolute Gasteiger partial charge is 0.0992 e. The minimum atomic E-state index is 0.694. The maximum Gasteiger partial charge on any atom is 0.0992 e. The quantitative estimate of drug-likeness (QED) is 0.875. The zero-order valence-corrected chi connectivity index (χ0v) is 12.2. The first-order chi connectivity index (χ1) is 8.79. The lowest BCUT2D eigenvalue weighted by Gasteiger charge is -2.21. The summed E-state index contributed by atoms with van der Waals surface area (Å²) < 4.78 is 0.977. The van der Waals surface area contributed by atoms with Gasteiger partial charge in [-0.05, 0) is 46.5 Å². The van der Waals surface area contributed by atoms with E-state index in [1.165, 1.54) is 38.5 Å². The van der Waals surface area contributed by atoms with E-state index in [2.05, 4.69) is 27.3 Å². The van der Waals surface area contributed by atoms with Crippen molar-refractivity contribution in [3.63, 3.8) is 0 Å². The average Bonchev–Trinajstić information content (AvgIpc) is 2.42. The highest BCUT2D eigenvalue weighted by Gasteiger charge is 2.12. The van der Waals surface area contributed by atoms with E-state index >= 15 is 0 Å². The molecule has 18 heavy (non-hydrogen) atoms. The third-order valence-corrected chi connectivity index (χ3v) is 4.35. The van der Waals surface area contributed by atoms with Crippen LogP contribution in [0.3, 0.4) is 0 Å². The van der Waals surface area contributed by atoms with Crippen molar-refractivity contribution >= 4 is 21.6 Å². The maximum absolute atomic E-state index is 8.81. The predicted molar refractivity (Wildman–Crippen MR) is 78.5 cm³/mol. The Morgan fingerprint density at radius 1 is 1.28 bits per heavy atom. The highest BCUT2D eigenvalue weighted by molar-refractivity contribution is 9.10. The number of nitrogens with zero attached hydrogens (tertiary/aromatic N) is 1. The van der Waals surface area contributed by atoms with Crippen molar-refractivity contribution in [1.29, 1.82) is 5.26 Å². The highest BCUT2D eigenvalue weighted by atomic mass is 79.9. The lowest BCUT2D eigenvalue weighted by atomic mass is 9.87. The van der Waals surface area contributed by atoms with Crippen molar-refractivity contribution < 1.29 is 0 Å². The molecule has 0 atom stereocenters. The first-order valence-electron chi connectivity index (χ1n) is 6.73. The zero-order chi connectivity index (χ0) is 12.8. The molecule has 0 spiro atoms. The average molecular weight is 307 g/mol.